The van der Waals surface area contributed by atoms with Crippen molar-refractivity contribution in [2.75, 3.05) is 0 Å². The molecule has 0 aliphatic rings. The summed E-state index contributed by atoms with van der Waals surface area (Å²) in [4.78, 5) is 15.3. The number of aryl methyl sites for hydroxylation is 1. The number of primary amides is 1. The van der Waals surface area contributed by atoms with E-state index in [4.69, 9.17) is 10.2 Å². The van der Waals surface area contributed by atoms with Gasteiger partial charge in [-0.15, -0.1) is 0 Å². The van der Waals surface area contributed by atoms with Crippen molar-refractivity contribution in [2.24, 2.45) is 5.73 Å². The minimum Gasteiger partial charge on any atom is -0.508 e. The lowest BCUT2D eigenvalue weighted by Crippen LogP contribution is -2.12. The second-order valence-corrected chi connectivity index (χ2v) is 3.55. The Morgan fingerprint density at radius 2 is 2.06 bits per heavy atom. The number of phenolic OH excluding ortho intramolecular Hbond substituents is 1. The van der Waals surface area contributed by atoms with Crippen LogP contribution in [0.5, 0.6) is 5.75 Å². The Morgan fingerprint density at radius 3 is 2.59 bits per heavy atom. The van der Waals surface area contributed by atoms with E-state index in [0.717, 1.165) is 0 Å². The lowest BCUT2D eigenvalue weighted by Gasteiger charge is -1.98. The van der Waals surface area contributed by atoms with Gasteiger partial charge in [-0.2, -0.15) is 0 Å². The van der Waals surface area contributed by atoms with Crippen molar-refractivity contribution < 1.29 is 14.3 Å². The van der Waals surface area contributed by atoms with Gasteiger partial charge in [0.1, 0.15) is 5.75 Å². The summed E-state index contributed by atoms with van der Waals surface area (Å²) >= 11 is 0. The quantitative estimate of drug-likeness (QED) is 0.842. The number of hydrogen-bond donors (Lipinski definition) is 2. The molecule has 0 aliphatic carbocycles. The van der Waals surface area contributed by atoms with E-state index in [9.17, 15) is 9.90 Å². The zero-order chi connectivity index (χ0) is 12.4. The van der Waals surface area contributed by atoms with E-state index >= 15 is 0 Å². The number of rotatable bonds is 3. The van der Waals surface area contributed by atoms with Crippen molar-refractivity contribution in [1.29, 1.82) is 0 Å². The molecule has 0 saturated carbocycles. The highest BCUT2D eigenvalue weighted by Gasteiger charge is 2.18. The normalized spacial score (nSPS) is 10.4. The molecule has 5 nitrogen and oxygen atoms in total. The van der Waals surface area contributed by atoms with Gasteiger partial charge in [0.15, 0.2) is 17.3 Å². The van der Waals surface area contributed by atoms with Crippen LogP contribution < -0.4 is 5.73 Å². The average molecular weight is 232 g/mol. The van der Waals surface area contributed by atoms with Crippen LogP contribution in [0.2, 0.25) is 0 Å². The number of aromatic hydroxyl groups is 1. The molecule has 5 heteroatoms. The van der Waals surface area contributed by atoms with Gasteiger partial charge in [-0.25, -0.2) is 4.98 Å². The maximum atomic E-state index is 11.2. The summed E-state index contributed by atoms with van der Waals surface area (Å²) in [5, 5.41) is 9.20. The fraction of sp³-hybridized carbons (Fsp3) is 0.167. The summed E-state index contributed by atoms with van der Waals surface area (Å²) in [6.45, 7) is 1.87. The first kappa shape index (κ1) is 11.2. The maximum Gasteiger partial charge on any atom is 0.271 e. The van der Waals surface area contributed by atoms with Crippen molar-refractivity contribution in [1.82, 2.24) is 4.98 Å². The summed E-state index contributed by atoms with van der Waals surface area (Å²) < 4.78 is 5.46. The van der Waals surface area contributed by atoms with E-state index in [1.54, 1.807) is 12.1 Å². The first-order valence-corrected chi connectivity index (χ1v) is 5.20. The lowest BCUT2D eigenvalue weighted by molar-refractivity contribution is 0.0996. The van der Waals surface area contributed by atoms with Crippen LogP contribution >= 0.6 is 0 Å². The van der Waals surface area contributed by atoms with E-state index < -0.39 is 5.91 Å². The molecule has 2 aromatic rings. The molecule has 0 fully saturated rings. The van der Waals surface area contributed by atoms with Crippen LogP contribution in [0.4, 0.5) is 0 Å². The number of amides is 1. The molecule has 0 atom stereocenters. The number of phenols is 1. The fourth-order valence-corrected chi connectivity index (χ4v) is 1.49. The van der Waals surface area contributed by atoms with E-state index in [2.05, 4.69) is 4.98 Å². The van der Waals surface area contributed by atoms with Crippen LogP contribution in [0.3, 0.4) is 0 Å². The Balaban J connectivity index is 2.53. The van der Waals surface area contributed by atoms with Crippen LogP contribution in [-0.2, 0) is 6.42 Å². The highest BCUT2D eigenvalue weighted by atomic mass is 16.4. The molecule has 17 heavy (non-hydrogen) atoms. The molecule has 2 rings (SSSR count). The first-order chi connectivity index (χ1) is 8.11. The standard InChI is InChI=1S/C12H12N2O3/c1-2-9-14-10(12(13)16)11(17-9)7-3-5-8(15)6-4-7/h3-6,15H,2H2,1H3,(H2,13,16). The van der Waals surface area contributed by atoms with Gasteiger partial charge in [-0.05, 0) is 24.3 Å². The van der Waals surface area contributed by atoms with Crippen molar-refractivity contribution in [3.63, 3.8) is 0 Å². The Hall–Kier alpha value is -2.30. The molecular formula is C12H12N2O3. The lowest BCUT2D eigenvalue weighted by atomic mass is 10.1. The third kappa shape index (κ3) is 2.13. The van der Waals surface area contributed by atoms with Crippen LogP contribution in [0, 0.1) is 0 Å². The summed E-state index contributed by atoms with van der Waals surface area (Å²) in [5.41, 5.74) is 6.01. The zero-order valence-electron chi connectivity index (χ0n) is 9.30. The highest BCUT2D eigenvalue weighted by molar-refractivity contribution is 5.96. The predicted octanol–water partition coefficient (Wildman–Crippen LogP) is 1.71. The third-order valence-electron chi connectivity index (χ3n) is 2.34. The SMILES string of the molecule is CCc1nc(C(N)=O)c(-c2ccc(O)cc2)o1. The smallest absolute Gasteiger partial charge is 0.271 e. The number of nitrogens with two attached hydrogens (primary N) is 1. The molecule has 1 aromatic heterocycles. The van der Waals surface area contributed by atoms with E-state index in [1.165, 1.54) is 12.1 Å². The molecule has 0 spiro atoms. The zero-order valence-corrected chi connectivity index (χ0v) is 9.30. The van der Waals surface area contributed by atoms with E-state index in [-0.39, 0.29) is 11.4 Å². The number of benzene rings is 1. The number of hydrogen-bond acceptors (Lipinski definition) is 4. The number of oxazole rings is 1. The van der Waals surface area contributed by atoms with Gasteiger partial charge in [-0.3, -0.25) is 4.79 Å². The van der Waals surface area contributed by atoms with Gasteiger partial charge in [0.05, 0.1) is 0 Å². The second kappa shape index (κ2) is 4.29. The minimum atomic E-state index is -0.628. The maximum absolute atomic E-state index is 11.2. The van der Waals surface area contributed by atoms with Crippen molar-refractivity contribution in [2.45, 2.75) is 13.3 Å². The molecule has 3 N–H and O–H groups in total. The minimum absolute atomic E-state index is 0.118. The predicted molar refractivity (Wildman–Crippen MR) is 61.5 cm³/mol. The monoisotopic (exact) mass is 232 g/mol. The molecular weight excluding hydrogens is 220 g/mol. The Kier molecular flexibility index (Phi) is 2.82. The van der Waals surface area contributed by atoms with Crippen molar-refractivity contribution in [3.05, 3.63) is 35.9 Å². The topological polar surface area (TPSA) is 89.3 Å². The van der Waals surface area contributed by atoms with E-state index in [1.807, 2.05) is 6.92 Å². The largest absolute Gasteiger partial charge is 0.508 e. The summed E-state index contributed by atoms with van der Waals surface area (Å²) in [6, 6.07) is 6.30. The van der Waals surface area contributed by atoms with Crippen LogP contribution in [0.15, 0.2) is 28.7 Å². The van der Waals surface area contributed by atoms with Gasteiger partial charge in [-0.1, -0.05) is 6.92 Å². The van der Waals surface area contributed by atoms with Gasteiger partial charge < -0.3 is 15.3 Å². The van der Waals surface area contributed by atoms with Gasteiger partial charge >= 0.3 is 0 Å². The third-order valence-corrected chi connectivity index (χ3v) is 2.34. The molecule has 0 saturated heterocycles. The van der Waals surface area contributed by atoms with Crippen molar-refractivity contribution >= 4 is 5.91 Å². The number of nitrogens with zero attached hydrogens (tertiary/aromatic N) is 1. The van der Waals surface area contributed by atoms with Gasteiger partial charge in [0, 0.05) is 12.0 Å². The van der Waals surface area contributed by atoms with Gasteiger partial charge in [0.2, 0.25) is 0 Å². The average Bonchev–Trinajstić information content (AvgIpc) is 2.74. The summed E-state index contributed by atoms with van der Waals surface area (Å²) in [7, 11) is 0. The summed E-state index contributed by atoms with van der Waals surface area (Å²) in [6.07, 6.45) is 0.582. The molecule has 0 bridgehead atoms. The number of aromatic nitrogens is 1. The molecule has 1 aromatic carbocycles. The molecule has 88 valence electrons. The molecule has 0 unspecified atom stereocenters. The first-order valence-electron chi connectivity index (χ1n) is 5.20. The van der Waals surface area contributed by atoms with Crippen molar-refractivity contribution in [3.8, 4) is 17.1 Å². The molecule has 0 aliphatic heterocycles. The van der Waals surface area contributed by atoms with Crippen LogP contribution in [-0.4, -0.2) is 16.0 Å². The van der Waals surface area contributed by atoms with Crippen LogP contribution in [0.25, 0.3) is 11.3 Å². The number of carbonyl (C=O) groups is 1. The number of carbonyl (C=O) groups excluding carboxylic acids is 1. The Bertz CT molecular complexity index is 543. The molecule has 0 radical (unpaired) electrons. The fourth-order valence-electron chi connectivity index (χ4n) is 1.49. The van der Waals surface area contributed by atoms with Crippen LogP contribution in [0.1, 0.15) is 23.3 Å². The van der Waals surface area contributed by atoms with E-state index in [0.29, 0.717) is 23.6 Å². The Labute approximate surface area is 97.9 Å². The second-order valence-electron chi connectivity index (χ2n) is 3.55. The highest BCUT2D eigenvalue weighted by Crippen LogP contribution is 2.26. The molecule has 1 heterocycles. The summed E-state index contributed by atoms with van der Waals surface area (Å²) in [5.74, 6) is 0.317. The molecule has 1 amide bonds. The van der Waals surface area contributed by atoms with Gasteiger partial charge in [0.25, 0.3) is 5.91 Å². The Morgan fingerprint density at radius 1 is 1.41 bits per heavy atom.